The third-order valence-corrected chi connectivity index (χ3v) is 6.96. The number of likely N-dealkylation sites (N-methyl/N-ethyl adjacent to an activating group) is 1. The van der Waals surface area contributed by atoms with Gasteiger partial charge in [0.1, 0.15) is 30.2 Å². The van der Waals surface area contributed by atoms with E-state index >= 15 is 0 Å². The second-order valence-corrected chi connectivity index (χ2v) is 11.6. The molecule has 0 bridgehead atoms. The molecule has 0 unspecified atom stereocenters. The zero-order valence-electron chi connectivity index (χ0n) is 24.6. The topological polar surface area (TPSA) is 157 Å². The van der Waals surface area contributed by atoms with Gasteiger partial charge in [-0.1, -0.05) is 71.9 Å². The summed E-state index contributed by atoms with van der Waals surface area (Å²) >= 11 is 0. The van der Waals surface area contributed by atoms with E-state index < -0.39 is 66.4 Å². The van der Waals surface area contributed by atoms with Crippen LogP contribution in [0.5, 0.6) is 0 Å². The van der Waals surface area contributed by atoms with E-state index in [1.54, 1.807) is 27.7 Å². The summed E-state index contributed by atoms with van der Waals surface area (Å²) in [6, 6.07) is 3.77. The van der Waals surface area contributed by atoms with E-state index in [1.807, 2.05) is 44.2 Å². The van der Waals surface area contributed by atoms with Crippen molar-refractivity contribution in [3.8, 4) is 0 Å². The van der Waals surface area contributed by atoms with Gasteiger partial charge in [-0.2, -0.15) is 0 Å². The van der Waals surface area contributed by atoms with Crippen molar-refractivity contribution < 1.29 is 29.1 Å². The second-order valence-electron chi connectivity index (χ2n) is 11.6. The van der Waals surface area contributed by atoms with Gasteiger partial charge in [0.2, 0.25) is 29.5 Å². The number of hydrogen-bond donors (Lipinski definition) is 5. The van der Waals surface area contributed by atoms with Crippen LogP contribution in [0.4, 0.5) is 0 Å². The summed E-state index contributed by atoms with van der Waals surface area (Å²) in [5.41, 5.74) is 0.795. The van der Waals surface area contributed by atoms with E-state index in [9.17, 15) is 29.1 Å². The van der Waals surface area contributed by atoms with E-state index in [2.05, 4.69) is 21.3 Å². The second kappa shape index (κ2) is 14.8. The molecule has 1 fully saturated rings. The van der Waals surface area contributed by atoms with Gasteiger partial charge in [0.15, 0.2) is 0 Å². The van der Waals surface area contributed by atoms with Crippen LogP contribution in [0, 0.1) is 17.8 Å². The number of nitrogens with zero attached hydrogens (tertiary/aromatic N) is 1. The van der Waals surface area contributed by atoms with Crippen molar-refractivity contribution in [3.05, 3.63) is 35.9 Å². The number of nitrogens with one attached hydrogen (secondary N) is 4. The van der Waals surface area contributed by atoms with Gasteiger partial charge >= 0.3 is 0 Å². The van der Waals surface area contributed by atoms with Gasteiger partial charge < -0.3 is 31.3 Å². The fourth-order valence-electron chi connectivity index (χ4n) is 4.84. The number of carbonyl (C=O) groups is 5. The van der Waals surface area contributed by atoms with Crippen LogP contribution >= 0.6 is 0 Å². The van der Waals surface area contributed by atoms with Gasteiger partial charge in [-0.15, -0.1) is 0 Å². The summed E-state index contributed by atoms with van der Waals surface area (Å²) in [4.78, 5) is 68.4. The summed E-state index contributed by atoms with van der Waals surface area (Å²) in [7, 11) is 1.42. The van der Waals surface area contributed by atoms with E-state index in [1.165, 1.54) is 11.9 Å². The van der Waals surface area contributed by atoms with Crippen LogP contribution in [0.3, 0.4) is 0 Å². The van der Waals surface area contributed by atoms with Crippen molar-refractivity contribution in [2.75, 3.05) is 13.7 Å². The molecule has 1 aliphatic heterocycles. The molecule has 1 aromatic rings. The van der Waals surface area contributed by atoms with Crippen molar-refractivity contribution >= 4 is 29.5 Å². The lowest BCUT2D eigenvalue weighted by Gasteiger charge is -2.34. The Morgan fingerprint density at radius 2 is 1.27 bits per heavy atom. The number of hydrogen-bond acceptors (Lipinski definition) is 6. The maximum Gasteiger partial charge on any atom is 0.247 e. The van der Waals surface area contributed by atoms with Crippen LogP contribution < -0.4 is 21.3 Å². The molecule has 1 heterocycles. The van der Waals surface area contributed by atoms with E-state index in [4.69, 9.17) is 0 Å². The Hall–Kier alpha value is -3.47. The van der Waals surface area contributed by atoms with Crippen molar-refractivity contribution in [2.45, 2.75) is 84.6 Å². The van der Waals surface area contributed by atoms with Gasteiger partial charge in [-0.25, -0.2) is 0 Å². The highest BCUT2D eigenvalue weighted by Crippen LogP contribution is 2.15. The van der Waals surface area contributed by atoms with Crippen LogP contribution in [0.2, 0.25) is 0 Å². The van der Waals surface area contributed by atoms with Crippen LogP contribution in [0.25, 0.3) is 0 Å². The van der Waals surface area contributed by atoms with Crippen LogP contribution in [0.15, 0.2) is 30.3 Å². The van der Waals surface area contributed by atoms with Crippen LogP contribution in [-0.4, -0.2) is 83.4 Å². The average Bonchev–Trinajstić information content (AvgIpc) is 2.88. The lowest BCUT2D eigenvalue weighted by atomic mass is 9.97. The van der Waals surface area contributed by atoms with Gasteiger partial charge in [0.05, 0.1) is 6.61 Å². The smallest absolute Gasteiger partial charge is 0.247 e. The minimum Gasteiger partial charge on any atom is -0.394 e. The Morgan fingerprint density at radius 1 is 0.725 bits per heavy atom. The maximum absolute atomic E-state index is 13.6. The molecule has 11 heteroatoms. The molecule has 222 valence electrons. The molecular formula is C29H45N5O6. The number of amides is 5. The lowest BCUT2D eigenvalue weighted by Crippen LogP contribution is -2.60. The largest absolute Gasteiger partial charge is 0.394 e. The van der Waals surface area contributed by atoms with E-state index in [0.717, 1.165) is 5.56 Å². The lowest BCUT2D eigenvalue weighted by molar-refractivity contribution is -0.145. The Labute approximate surface area is 236 Å². The fraction of sp³-hybridized carbons (Fsp3) is 0.621. The molecular weight excluding hydrogens is 514 g/mol. The summed E-state index contributed by atoms with van der Waals surface area (Å²) in [6.45, 7) is 10.1. The first-order valence-electron chi connectivity index (χ1n) is 13.9. The predicted octanol–water partition coefficient (Wildman–Crippen LogP) is 0.359. The number of carbonyl (C=O) groups excluding carboxylic acids is 5. The molecule has 1 saturated heterocycles. The average molecular weight is 560 g/mol. The zero-order valence-corrected chi connectivity index (χ0v) is 24.6. The maximum atomic E-state index is 13.6. The monoisotopic (exact) mass is 559 g/mol. The Kier molecular flexibility index (Phi) is 12.1. The summed E-state index contributed by atoms with van der Waals surface area (Å²) < 4.78 is 0. The molecule has 40 heavy (non-hydrogen) atoms. The SMILES string of the molecule is CC(C)C[C@@H]1NC(=O)[C@H](Cc2ccccc2)NC(=O)[C@H](C(C)C)NC(=O)[C@@H](C(C)C)N(C)C(=O)[C@@H](CO)NC1=O. The summed E-state index contributed by atoms with van der Waals surface area (Å²) in [5, 5.41) is 20.9. The minimum absolute atomic E-state index is 0.00344. The van der Waals surface area contributed by atoms with Crippen molar-refractivity contribution in [3.63, 3.8) is 0 Å². The molecule has 5 atom stereocenters. The highest BCUT2D eigenvalue weighted by molar-refractivity contribution is 5.98. The highest BCUT2D eigenvalue weighted by atomic mass is 16.3. The van der Waals surface area contributed by atoms with Crippen molar-refractivity contribution in [1.29, 1.82) is 0 Å². The summed E-state index contributed by atoms with van der Waals surface area (Å²) in [5.74, 6) is -3.68. The molecule has 2 rings (SSSR count). The molecule has 1 aliphatic rings. The predicted molar refractivity (Wildman–Crippen MR) is 151 cm³/mol. The normalized spacial score (nSPS) is 25.7. The molecule has 0 saturated carbocycles. The molecule has 5 N–H and O–H groups in total. The highest BCUT2D eigenvalue weighted by Gasteiger charge is 2.38. The Bertz CT molecular complexity index is 1040. The minimum atomic E-state index is -1.33. The van der Waals surface area contributed by atoms with Gasteiger partial charge in [0.25, 0.3) is 0 Å². The first-order valence-corrected chi connectivity index (χ1v) is 13.9. The standard InChI is InChI=1S/C29H45N5O6/c1-16(2)13-20-25(36)32-22(15-35)29(40)34(7)24(18(5)6)28(39)33-23(17(3)4)27(38)31-21(26(37)30-20)14-19-11-9-8-10-12-19/h8-12,16-18,20-24,35H,13-15H2,1-7H3,(H,30,37)(H,31,38)(H,32,36)(H,33,39)/t20-,21-,22+,23-,24+/m0/s1. The number of aliphatic hydroxyl groups is 1. The summed E-state index contributed by atoms with van der Waals surface area (Å²) in [6.07, 6.45) is 0.414. The zero-order chi connectivity index (χ0) is 30.1. The Balaban J connectivity index is 2.59. The van der Waals surface area contributed by atoms with Gasteiger partial charge in [0, 0.05) is 13.5 Å². The Morgan fingerprint density at radius 3 is 1.80 bits per heavy atom. The van der Waals surface area contributed by atoms with E-state index in [-0.39, 0.29) is 30.6 Å². The molecule has 5 amide bonds. The van der Waals surface area contributed by atoms with Gasteiger partial charge in [-0.3, -0.25) is 24.0 Å². The molecule has 11 nitrogen and oxygen atoms in total. The molecule has 0 spiro atoms. The molecule has 1 aromatic carbocycles. The number of aliphatic hydroxyl groups excluding tert-OH is 1. The van der Waals surface area contributed by atoms with Crippen LogP contribution in [-0.2, 0) is 30.4 Å². The van der Waals surface area contributed by atoms with Crippen molar-refractivity contribution in [2.24, 2.45) is 17.8 Å². The van der Waals surface area contributed by atoms with E-state index in [0.29, 0.717) is 0 Å². The van der Waals surface area contributed by atoms with Gasteiger partial charge in [-0.05, 0) is 29.7 Å². The quantitative estimate of drug-likeness (QED) is 0.325. The molecule has 0 aliphatic carbocycles. The van der Waals surface area contributed by atoms with Crippen molar-refractivity contribution in [1.82, 2.24) is 26.2 Å². The number of benzene rings is 1. The van der Waals surface area contributed by atoms with Crippen LogP contribution in [0.1, 0.15) is 53.5 Å². The third-order valence-electron chi connectivity index (χ3n) is 6.96. The first-order chi connectivity index (χ1) is 18.8. The third kappa shape index (κ3) is 8.77. The fourth-order valence-corrected chi connectivity index (χ4v) is 4.84. The molecule has 0 aromatic heterocycles. The molecule has 0 radical (unpaired) electrons. The number of rotatable bonds is 7. The first kappa shape index (κ1) is 32.7.